The van der Waals surface area contributed by atoms with Crippen LogP contribution in [0.3, 0.4) is 0 Å². The number of hydrogen-bond donors (Lipinski definition) is 2. The molecule has 0 bridgehead atoms. The molecule has 2 N–H and O–H groups in total. The molecule has 17 heavy (non-hydrogen) atoms. The van der Waals surface area contributed by atoms with E-state index in [1.807, 2.05) is 26.2 Å². The van der Waals surface area contributed by atoms with Gasteiger partial charge < -0.3 is 15.2 Å². The molecule has 5 heteroatoms. The number of aryl methyl sites for hydroxylation is 1. The molecule has 0 saturated carbocycles. The molecule has 0 aromatic carbocycles. The fourth-order valence-electron chi connectivity index (χ4n) is 2.30. The first-order valence-corrected chi connectivity index (χ1v) is 6.07. The summed E-state index contributed by atoms with van der Waals surface area (Å²) in [6, 6.07) is 2.18. The van der Waals surface area contributed by atoms with Crippen LogP contribution in [0.5, 0.6) is 0 Å². The maximum Gasteiger partial charge on any atom is 0.0691 e. The molecule has 0 aliphatic carbocycles. The second-order valence-electron chi connectivity index (χ2n) is 5.08. The van der Waals surface area contributed by atoms with Gasteiger partial charge in [0.05, 0.1) is 24.5 Å². The minimum absolute atomic E-state index is 0.238. The van der Waals surface area contributed by atoms with Crippen molar-refractivity contribution in [3.63, 3.8) is 0 Å². The molecule has 1 aromatic heterocycles. The molecule has 96 valence electrons. The van der Waals surface area contributed by atoms with E-state index in [4.69, 9.17) is 4.74 Å². The molecule has 1 saturated heterocycles. The van der Waals surface area contributed by atoms with Gasteiger partial charge in [0.2, 0.25) is 0 Å². The van der Waals surface area contributed by atoms with E-state index in [1.165, 1.54) is 0 Å². The number of hydrogen-bond acceptors (Lipinski definition) is 4. The van der Waals surface area contributed by atoms with Crippen LogP contribution < -0.4 is 5.32 Å². The lowest BCUT2D eigenvalue weighted by Gasteiger charge is -2.31. The van der Waals surface area contributed by atoms with Crippen molar-refractivity contribution < 1.29 is 9.84 Å². The molecule has 1 aliphatic rings. The average molecular weight is 239 g/mol. The third-order valence-electron chi connectivity index (χ3n) is 3.02. The largest absolute Gasteiger partial charge is 0.390 e. The number of rotatable bonds is 4. The maximum atomic E-state index is 10.4. The Hall–Kier alpha value is -0.910. The molecule has 1 aliphatic heterocycles. The molecule has 2 atom stereocenters. The monoisotopic (exact) mass is 239 g/mol. The Labute approximate surface area is 102 Å². The number of ether oxygens (including phenoxy) is 1. The molecule has 0 radical (unpaired) electrons. The van der Waals surface area contributed by atoms with Gasteiger partial charge in [-0.05, 0) is 19.4 Å². The van der Waals surface area contributed by atoms with Gasteiger partial charge in [-0.1, -0.05) is 0 Å². The fourth-order valence-corrected chi connectivity index (χ4v) is 2.30. The lowest BCUT2D eigenvalue weighted by Crippen LogP contribution is -2.46. The molecular weight excluding hydrogens is 218 g/mol. The van der Waals surface area contributed by atoms with Gasteiger partial charge in [0.15, 0.2) is 0 Å². The number of nitrogens with zero attached hydrogens (tertiary/aromatic N) is 2. The van der Waals surface area contributed by atoms with Crippen LogP contribution in [0.25, 0.3) is 0 Å². The van der Waals surface area contributed by atoms with Gasteiger partial charge in [-0.2, -0.15) is 5.10 Å². The van der Waals surface area contributed by atoms with E-state index in [2.05, 4.69) is 10.4 Å². The topological polar surface area (TPSA) is 59.3 Å². The Bertz CT molecular complexity index is 356. The van der Waals surface area contributed by atoms with Crippen molar-refractivity contribution in [1.29, 1.82) is 0 Å². The highest BCUT2D eigenvalue weighted by Crippen LogP contribution is 2.18. The van der Waals surface area contributed by atoms with Crippen LogP contribution in [0.2, 0.25) is 0 Å². The second-order valence-corrected chi connectivity index (χ2v) is 5.08. The highest BCUT2D eigenvalue weighted by atomic mass is 16.5. The van der Waals surface area contributed by atoms with E-state index < -0.39 is 5.60 Å². The predicted molar refractivity (Wildman–Crippen MR) is 64.8 cm³/mol. The first-order valence-electron chi connectivity index (χ1n) is 6.07. The molecule has 1 aromatic rings. The van der Waals surface area contributed by atoms with Gasteiger partial charge in [0.1, 0.15) is 0 Å². The summed E-state index contributed by atoms with van der Waals surface area (Å²) in [7, 11) is 1.88. The normalized spacial score (nSPS) is 24.5. The van der Waals surface area contributed by atoms with Gasteiger partial charge in [0, 0.05) is 32.3 Å². The van der Waals surface area contributed by atoms with Crippen molar-refractivity contribution in [2.45, 2.75) is 31.4 Å². The zero-order valence-electron chi connectivity index (χ0n) is 10.5. The van der Waals surface area contributed by atoms with Crippen LogP contribution in [0.1, 0.15) is 19.0 Å². The highest BCUT2D eigenvalue weighted by molar-refractivity contribution is 5.03. The predicted octanol–water partition coefficient (Wildman–Crippen LogP) is 0.0921. The molecular formula is C12H21N3O2. The molecule has 2 unspecified atom stereocenters. The number of nitrogens with one attached hydrogen (secondary N) is 1. The van der Waals surface area contributed by atoms with E-state index in [-0.39, 0.29) is 6.04 Å². The lowest BCUT2D eigenvalue weighted by atomic mass is 9.92. The Morgan fingerprint density at radius 2 is 2.53 bits per heavy atom. The van der Waals surface area contributed by atoms with E-state index in [0.717, 1.165) is 18.8 Å². The van der Waals surface area contributed by atoms with Gasteiger partial charge in [-0.25, -0.2) is 0 Å². The van der Waals surface area contributed by atoms with Crippen molar-refractivity contribution in [3.8, 4) is 0 Å². The van der Waals surface area contributed by atoms with E-state index in [9.17, 15) is 5.11 Å². The third kappa shape index (κ3) is 3.80. The van der Waals surface area contributed by atoms with E-state index in [0.29, 0.717) is 19.4 Å². The second kappa shape index (κ2) is 5.16. The summed E-state index contributed by atoms with van der Waals surface area (Å²) >= 11 is 0. The summed E-state index contributed by atoms with van der Waals surface area (Å²) in [6.07, 6.45) is 3.16. The Kier molecular flexibility index (Phi) is 3.81. The Morgan fingerprint density at radius 1 is 1.71 bits per heavy atom. The first-order chi connectivity index (χ1) is 8.05. The van der Waals surface area contributed by atoms with Crippen LogP contribution >= 0.6 is 0 Å². The van der Waals surface area contributed by atoms with Crippen LogP contribution in [0.15, 0.2) is 12.3 Å². The fraction of sp³-hybridized carbons (Fsp3) is 0.750. The van der Waals surface area contributed by atoms with Crippen molar-refractivity contribution in [2.75, 3.05) is 19.8 Å². The van der Waals surface area contributed by atoms with Crippen molar-refractivity contribution in [2.24, 2.45) is 7.05 Å². The smallest absolute Gasteiger partial charge is 0.0691 e. The van der Waals surface area contributed by atoms with Crippen molar-refractivity contribution >= 4 is 0 Å². The number of aliphatic hydroxyl groups is 1. The van der Waals surface area contributed by atoms with Crippen molar-refractivity contribution in [1.82, 2.24) is 15.1 Å². The minimum Gasteiger partial charge on any atom is -0.390 e. The molecule has 5 nitrogen and oxygen atoms in total. The van der Waals surface area contributed by atoms with Gasteiger partial charge in [0.25, 0.3) is 0 Å². The van der Waals surface area contributed by atoms with E-state index >= 15 is 0 Å². The highest BCUT2D eigenvalue weighted by Gasteiger charge is 2.27. The average Bonchev–Trinajstić information content (AvgIpc) is 2.63. The van der Waals surface area contributed by atoms with Gasteiger partial charge in [-0.3, -0.25) is 4.68 Å². The lowest BCUT2D eigenvalue weighted by molar-refractivity contribution is 0.00591. The summed E-state index contributed by atoms with van der Waals surface area (Å²) in [5, 5.41) is 18.0. The molecule has 0 amide bonds. The standard InChI is InChI=1S/C12H21N3O2/c1-12(16,7-10-3-5-15(2)14-10)8-11-9-17-6-4-13-11/h3,5,11,13,16H,4,6-9H2,1-2H3. The van der Waals surface area contributed by atoms with Crippen LogP contribution in [-0.4, -0.2) is 46.3 Å². The zero-order chi connectivity index (χ0) is 12.3. The maximum absolute atomic E-state index is 10.4. The third-order valence-corrected chi connectivity index (χ3v) is 3.02. The zero-order valence-corrected chi connectivity index (χ0v) is 10.5. The van der Waals surface area contributed by atoms with E-state index in [1.54, 1.807) is 4.68 Å². The van der Waals surface area contributed by atoms with Crippen LogP contribution in [0.4, 0.5) is 0 Å². The number of aromatic nitrogens is 2. The molecule has 0 spiro atoms. The quantitative estimate of drug-likeness (QED) is 0.782. The Morgan fingerprint density at radius 3 is 3.12 bits per heavy atom. The summed E-state index contributed by atoms with van der Waals surface area (Å²) < 4.78 is 7.15. The first kappa shape index (κ1) is 12.5. The SMILES string of the molecule is Cn1ccc(CC(C)(O)CC2COCCN2)n1. The number of morpholine rings is 1. The van der Waals surface area contributed by atoms with Gasteiger partial charge in [-0.15, -0.1) is 0 Å². The van der Waals surface area contributed by atoms with Gasteiger partial charge >= 0.3 is 0 Å². The van der Waals surface area contributed by atoms with Crippen LogP contribution in [0, 0.1) is 0 Å². The molecule has 2 heterocycles. The summed E-state index contributed by atoms with van der Waals surface area (Å²) in [5.41, 5.74) is 0.182. The Balaban J connectivity index is 1.88. The van der Waals surface area contributed by atoms with Crippen LogP contribution in [-0.2, 0) is 18.2 Å². The molecule has 1 fully saturated rings. The summed E-state index contributed by atoms with van der Waals surface area (Å²) in [6.45, 7) is 4.17. The summed E-state index contributed by atoms with van der Waals surface area (Å²) in [5.74, 6) is 0. The van der Waals surface area contributed by atoms with Crippen molar-refractivity contribution in [3.05, 3.63) is 18.0 Å². The summed E-state index contributed by atoms with van der Waals surface area (Å²) in [4.78, 5) is 0. The minimum atomic E-state index is -0.743. The molecule has 2 rings (SSSR count).